The number of nitrogens with one attached hydrogen (secondary N) is 2. The van der Waals surface area contributed by atoms with Gasteiger partial charge in [0.05, 0.1) is 48.0 Å². The molecule has 0 fully saturated rings. The van der Waals surface area contributed by atoms with Gasteiger partial charge in [0.15, 0.2) is 12.2 Å². The van der Waals surface area contributed by atoms with Gasteiger partial charge < -0.3 is 38.6 Å². The lowest BCUT2D eigenvalue weighted by molar-refractivity contribution is -0.275. The molecule has 0 saturated carbocycles. The molecule has 0 radical (unpaired) electrons. The molecule has 288 valence electrons. The molecule has 0 bridgehead atoms. The van der Waals surface area contributed by atoms with E-state index in [2.05, 4.69) is 39.7 Å². The lowest BCUT2D eigenvalue weighted by Crippen LogP contribution is -2.17. The van der Waals surface area contributed by atoms with E-state index in [1.807, 2.05) is 48.8 Å². The van der Waals surface area contributed by atoms with Crippen LogP contribution >= 0.6 is 0 Å². The zero-order valence-corrected chi connectivity index (χ0v) is 28.6. The van der Waals surface area contributed by atoms with Crippen LogP contribution in [0.5, 0.6) is 23.0 Å². The first-order valence-electron chi connectivity index (χ1n) is 16.6. The summed E-state index contributed by atoms with van der Waals surface area (Å²) in [6.45, 7) is 0. The van der Waals surface area contributed by atoms with Crippen LogP contribution in [0.2, 0.25) is 0 Å². The summed E-state index contributed by atoms with van der Waals surface area (Å²) in [7, 11) is 0. The molecular formula is C38H28F6N6O6. The Labute approximate surface area is 313 Å². The smallest absolute Gasteiger partial charge is 0.438 e. The van der Waals surface area contributed by atoms with E-state index in [0.717, 1.165) is 22.8 Å². The van der Waals surface area contributed by atoms with Crippen molar-refractivity contribution < 1.29 is 55.0 Å². The Balaban J connectivity index is 0.000000172. The average Bonchev–Trinajstić information content (AvgIpc) is 4.01. The largest absolute Gasteiger partial charge is 0.573 e. The Morgan fingerprint density at radius 3 is 1.23 bits per heavy atom. The number of rotatable bonds is 8. The molecule has 56 heavy (non-hydrogen) atoms. The molecule has 12 nitrogen and oxygen atoms in total. The first-order chi connectivity index (χ1) is 26.9. The number of hydrogen-bond acceptors (Lipinski definition) is 10. The maximum absolute atomic E-state index is 12.2. The van der Waals surface area contributed by atoms with Gasteiger partial charge in [-0.1, -0.05) is 34.6 Å². The van der Waals surface area contributed by atoms with Gasteiger partial charge in [-0.3, -0.25) is 9.97 Å². The summed E-state index contributed by atoms with van der Waals surface area (Å²) in [6.07, 6.45) is -2.86. The molecule has 2 aliphatic rings. The number of aromatic nitrogens is 4. The van der Waals surface area contributed by atoms with E-state index >= 15 is 0 Å². The van der Waals surface area contributed by atoms with Crippen molar-refractivity contribution in [3.05, 3.63) is 133 Å². The summed E-state index contributed by atoms with van der Waals surface area (Å²) < 4.78 is 92.3. The van der Waals surface area contributed by atoms with Crippen LogP contribution in [0.15, 0.2) is 132 Å². The number of H-pyrrole nitrogens is 2. The quantitative estimate of drug-likeness (QED) is 0.146. The van der Waals surface area contributed by atoms with Crippen LogP contribution in [0.1, 0.15) is 36.2 Å². The number of benzene rings is 2. The molecule has 2 atom stereocenters. The predicted molar refractivity (Wildman–Crippen MR) is 187 cm³/mol. The molecule has 8 rings (SSSR count). The molecule has 18 heteroatoms. The molecule has 2 aliphatic heterocycles. The number of ether oxygens (including phenoxy) is 4. The normalized spacial score (nSPS) is 16.4. The minimum Gasteiger partial charge on any atom is -0.438 e. The monoisotopic (exact) mass is 778 g/mol. The maximum atomic E-state index is 12.2. The Morgan fingerprint density at radius 2 is 0.911 bits per heavy atom. The second-order valence-electron chi connectivity index (χ2n) is 11.9. The standard InChI is InChI=1S/2C19H14F3N3O3/c2*20-19(21,22)27-13-5-3-12(4-6-13)17-10-18(25-28-17)26-14-7-8-16(24-11-14)15-2-1-9-23-15/h2*1-9,11,17,23H,10H2/t2*17-/m10/s1. The fourth-order valence-electron chi connectivity index (χ4n) is 5.41. The van der Waals surface area contributed by atoms with Gasteiger partial charge in [-0.2, -0.15) is 0 Å². The van der Waals surface area contributed by atoms with Crippen LogP contribution < -0.4 is 18.9 Å². The Kier molecular flexibility index (Phi) is 10.8. The second kappa shape index (κ2) is 16.2. The van der Waals surface area contributed by atoms with Crippen LogP contribution in [0, 0.1) is 0 Å². The average molecular weight is 779 g/mol. The van der Waals surface area contributed by atoms with E-state index in [9.17, 15) is 26.3 Å². The number of oxime groups is 2. The maximum Gasteiger partial charge on any atom is 0.573 e. The molecule has 0 spiro atoms. The van der Waals surface area contributed by atoms with E-state index < -0.39 is 24.9 Å². The molecule has 4 aromatic heterocycles. The zero-order valence-electron chi connectivity index (χ0n) is 28.6. The van der Waals surface area contributed by atoms with Crippen molar-refractivity contribution in [2.75, 3.05) is 0 Å². The van der Waals surface area contributed by atoms with Gasteiger partial charge in [-0.15, -0.1) is 26.3 Å². The van der Waals surface area contributed by atoms with Gasteiger partial charge in [0.2, 0.25) is 11.8 Å². The third-order valence-corrected chi connectivity index (χ3v) is 7.95. The summed E-state index contributed by atoms with van der Waals surface area (Å²) in [5.74, 6) is 1.14. The van der Waals surface area contributed by atoms with Crippen molar-refractivity contribution >= 4 is 11.8 Å². The first kappa shape index (κ1) is 37.3. The van der Waals surface area contributed by atoms with Gasteiger partial charge in [0, 0.05) is 12.4 Å². The van der Waals surface area contributed by atoms with Crippen molar-refractivity contribution in [1.29, 1.82) is 0 Å². The number of hydrogen-bond donors (Lipinski definition) is 2. The van der Waals surface area contributed by atoms with Crippen LogP contribution in [0.25, 0.3) is 22.8 Å². The van der Waals surface area contributed by atoms with E-state index in [4.69, 9.17) is 19.1 Å². The molecule has 0 amide bonds. The van der Waals surface area contributed by atoms with Crippen LogP contribution in [0.3, 0.4) is 0 Å². The van der Waals surface area contributed by atoms with Gasteiger partial charge in [0.25, 0.3) is 0 Å². The number of nitrogens with zero attached hydrogens (tertiary/aromatic N) is 4. The van der Waals surface area contributed by atoms with Crippen molar-refractivity contribution in [1.82, 2.24) is 19.9 Å². The fourth-order valence-corrected chi connectivity index (χ4v) is 5.41. The first-order valence-corrected chi connectivity index (χ1v) is 16.6. The molecule has 0 saturated heterocycles. The third-order valence-electron chi connectivity index (χ3n) is 7.95. The molecule has 0 unspecified atom stereocenters. The highest BCUT2D eigenvalue weighted by Gasteiger charge is 2.32. The summed E-state index contributed by atoms with van der Waals surface area (Å²) in [5.41, 5.74) is 4.67. The van der Waals surface area contributed by atoms with E-state index in [0.29, 0.717) is 47.3 Å². The number of aromatic amines is 2. The van der Waals surface area contributed by atoms with Crippen LogP contribution in [0.4, 0.5) is 26.3 Å². The summed E-state index contributed by atoms with van der Waals surface area (Å²) in [6, 6.07) is 25.7. The summed E-state index contributed by atoms with van der Waals surface area (Å²) >= 11 is 0. The van der Waals surface area contributed by atoms with Crippen molar-refractivity contribution in [2.45, 2.75) is 37.8 Å². The lowest BCUT2D eigenvalue weighted by Gasteiger charge is -2.11. The zero-order chi connectivity index (χ0) is 39.1. The third kappa shape index (κ3) is 10.2. The van der Waals surface area contributed by atoms with Gasteiger partial charge in [-0.05, 0) is 83.9 Å². The Hall–Kier alpha value is -6.98. The molecule has 2 aromatic carbocycles. The van der Waals surface area contributed by atoms with E-state index in [-0.39, 0.29) is 11.5 Å². The topological polar surface area (TPSA) is 137 Å². The van der Waals surface area contributed by atoms with Crippen molar-refractivity contribution in [3.8, 4) is 45.8 Å². The van der Waals surface area contributed by atoms with Crippen molar-refractivity contribution in [2.24, 2.45) is 10.3 Å². The minimum absolute atomic E-state index is 0.292. The number of pyridine rings is 2. The second-order valence-corrected chi connectivity index (χ2v) is 11.9. The SMILES string of the molecule is FC(F)(F)Oc1ccc([C@@H]2CC(Oc3ccc(-c4ccc[nH]4)nc3)=NO2)cc1.FC(F)(F)Oc1ccc([C@H]2CC(Oc3ccc(-c4ccc[nH]4)nc3)=NO2)cc1. The molecular weight excluding hydrogens is 750 g/mol. The number of halogens is 6. The highest BCUT2D eigenvalue weighted by Crippen LogP contribution is 2.33. The minimum atomic E-state index is -4.72. The Morgan fingerprint density at radius 1 is 0.518 bits per heavy atom. The Bertz CT molecular complexity index is 2070. The molecule has 6 heterocycles. The van der Waals surface area contributed by atoms with Gasteiger partial charge in [0.1, 0.15) is 23.0 Å². The highest BCUT2D eigenvalue weighted by atomic mass is 19.4. The van der Waals surface area contributed by atoms with Crippen molar-refractivity contribution in [3.63, 3.8) is 0 Å². The summed E-state index contributed by atoms with van der Waals surface area (Å²) in [5, 5.41) is 7.78. The van der Waals surface area contributed by atoms with Crippen LogP contribution in [-0.2, 0) is 9.68 Å². The van der Waals surface area contributed by atoms with E-state index in [1.165, 1.54) is 48.5 Å². The lowest BCUT2D eigenvalue weighted by atomic mass is 10.1. The predicted octanol–water partition coefficient (Wildman–Crippen LogP) is 9.66. The van der Waals surface area contributed by atoms with Gasteiger partial charge in [-0.25, -0.2) is 0 Å². The fraction of sp³-hybridized carbons (Fsp3) is 0.158. The molecule has 2 N–H and O–H groups in total. The number of alkyl halides is 6. The van der Waals surface area contributed by atoms with Crippen LogP contribution in [-0.4, -0.2) is 44.5 Å². The summed E-state index contributed by atoms with van der Waals surface area (Å²) in [4.78, 5) is 25.4. The van der Waals surface area contributed by atoms with E-state index in [1.54, 1.807) is 24.5 Å². The molecule has 6 aromatic rings. The van der Waals surface area contributed by atoms with Gasteiger partial charge >= 0.3 is 12.7 Å². The molecule has 0 aliphatic carbocycles. The highest BCUT2D eigenvalue weighted by molar-refractivity contribution is 5.80.